The molecule has 0 fully saturated rings. The van der Waals surface area contributed by atoms with Crippen molar-refractivity contribution in [2.75, 3.05) is 6.61 Å². The largest absolute Gasteiger partial charge is 0.416 e. The van der Waals surface area contributed by atoms with Crippen LogP contribution in [-0.2, 0) is 9.09 Å². The quantitative estimate of drug-likeness (QED) is 0.771. The lowest BCUT2D eigenvalue weighted by Crippen LogP contribution is -2.03. The van der Waals surface area contributed by atoms with Gasteiger partial charge in [0.15, 0.2) is 11.6 Å². The van der Waals surface area contributed by atoms with E-state index in [2.05, 4.69) is 9.26 Å². The minimum Gasteiger partial charge on any atom is -0.416 e. The third-order valence-electron chi connectivity index (χ3n) is 1.54. The second-order valence-electron chi connectivity index (χ2n) is 2.68. The molecule has 0 spiro atoms. The fourth-order valence-corrected chi connectivity index (χ4v) is 1.46. The van der Waals surface area contributed by atoms with Gasteiger partial charge in [-0.3, -0.25) is 4.57 Å². The average molecular weight is 250 g/mol. The highest BCUT2D eigenvalue weighted by molar-refractivity contribution is 7.58. The second-order valence-corrected chi connectivity index (χ2v) is 3.96. The Morgan fingerprint density at radius 2 is 2.12 bits per heavy atom. The van der Waals surface area contributed by atoms with Crippen molar-refractivity contribution in [3.8, 4) is 5.75 Å². The number of rotatable bonds is 4. The van der Waals surface area contributed by atoms with E-state index in [0.717, 1.165) is 12.1 Å². The number of hydrogen-bond acceptors (Lipinski definition) is 4. The molecule has 4 nitrogen and oxygen atoms in total. The van der Waals surface area contributed by atoms with Gasteiger partial charge in [-0.15, -0.1) is 0 Å². The van der Waals surface area contributed by atoms with Gasteiger partial charge in [-0.1, -0.05) is 0 Å². The van der Waals surface area contributed by atoms with E-state index in [9.17, 15) is 18.1 Å². The number of benzene rings is 1. The van der Waals surface area contributed by atoms with E-state index in [1.165, 1.54) is 0 Å². The molecule has 0 aliphatic carbocycles. The molecule has 1 atom stereocenters. The first-order valence-electron chi connectivity index (χ1n) is 4.38. The Labute approximate surface area is 91.0 Å². The summed E-state index contributed by atoms with van der Waals surface area (Å²) >= 11 is 0. The highest BCUT2D eigenvalue weighted by atomic mass is 31.1. The minimum absolute atomic E-state index is 0.0821. The molecule has 1 aromatic carbocycles. The lowest BCUT2D eigenvalue weighted by Gasteiger charge is -2.04. The van der Waals surface area contributed by atoms with Crippen molar-refractivity contribution in [1.29, 1.82) is 0 Å². The van der Waals surface area contributed by atoms with Gasteiger partial charge >= 0.3 is 5.71 Å². The maximum absolute atomic E-state index is 13.0. The molecule has 0 aliphatic rings. The summed E-state index contributed by atoms with van der Waals surface area (Å²) in [5, 5.41) is 0. The summed E-state index contributed by atoms with van der Waals surface area (Å²) in [7, 11) is -3.01. The van der Waals surface area contributed by atoms with Crippen molar-refractivity contribution in [3.05, 3.63) is 29.8 Å². The molecule has 0 aliphatic heterocycles. The zero-order valence-electron chi connectivity index (χ0n) is 8.33. The summed E-state index contributed by atoms with van der Waals surface area (Å²) < 4.78 is 45.5. The van der Waals surface area contributed by atoms with Crippen LogP contribution < -0.4 is 4.74 Å². The molecule has 1 rings (SSSR count). The van der Waals surface area contributed by atoms with Crippen LogP contribution in [0.1, 0.15) is 6.92 Å². The van der Waals surface area contributed by atoms with Gasteiger partial charge in [-0.2, -0.15) is 0 Å². The Hall–Kier alpha value is -1.26. The summed E-state index contributed by atoms with van der Waals surface area (Å²) in [6, 6.07) is 2.41. The molecule has 1 aromatic rings. The first-order valence-corrected chi connectivity index (χ1v) is 5.70. The molecular formula is C9H9F2O4P. The second kappa shape index (κ2) is 5.72. The van der Waals surface area contributed by atoms with Crippen LogP contribution in [0.2, 0.25) is 0 Å². The molecular weight excluding hydrogens is 241 g/mol. The summed E-state index contributed by atoms with van der Waals surface area (Å²) in [6.45, 7) is 1.63. The molecule has 0 radical (unpaired) electrons. The molecule has 0 saturated heterocycles. The summed E-state index contributed by atoms with van der Waals surface area (Å²) in [5.41, 5.74) is -1.17. The van der Waals surface area contributed by atoms with E-state index >= 15 is 0 Å². The zero-order valence-corrected chi connectivity index (χ0v) is 9.33. The predicted molar refractivity (Wildman–Crippen MR) is 53.0 cm³/mol. The Bertz CT molecular complexity index is 422. The fourth-order valence-electron chi connectivity index (χ4n) is 0.890. The van der Waals surface area contributed by atoms with Crippen LogP contribution in [0.15, 0.2) is 18.2 Å². The van der Waals surface area contributed by atoms with Crippen LogP contribution in [0.5, 0.6) is 5.75 Å². The topological polar surface area (TPSA) is 52.6 Å². The Kier molecular flexibility index (Phi) is 4.58. The molecule has 0 heterocycles. The molecule has 0 bridgehead atoms. The number of halogens is 2. The van der Waals surface area contributed by atoms with E-state index in [1.807, 2.05) is 0 Å². The molecule has 0 amide bonds. The number of ether oxygens (including phenoxy) is 1. The van der Waals surface area contributed by atoms with Gasteiger partial charge in [0.25, 0.3) is 8.03 Å². The maximum atomic E-state index is 13.0. The minimum atomic E-state index is -3.01. The van der Waals surface area contributed by atoms with Crippen molar-refractivity contribution in [1.82, 2.24) is 0 Å². The average Bonchev–Trinajstić information content (AvgIpc) is 2.22. The van der Waals surface area contributed by atoms with Crippen molar-refractivity contribution in [3.63, 3.8) is 0 Å². The van der Waals surface area contributed by atoms with Crippen LogP contribution in [0.25, 0.3) is 0 Å². The van der Waals surface area contributed by atoms with Gasteiger partial charge in [0, 0.05) is 6.07 Å². The van der Waals surface area contributed by atoms with Gasteiger partial charge in [0.2, 0.25) is 0 Å². The normalized spacial score (nSPS) is 12.2. The van der Waals surface area contributed by atoms with E-state index in [1.54, 1.807) is 6.92 Å². The van der Waals surface area contributed by atoms with Crippen molar-refractivity contribution < 1.29 is 27.4 Å². The van der Waals surface area contributed by atoms with Crippen molar-refractivity contribution in [2.24, 2.45) is 0 Å². The summed E-state index contributed by atoms with van der Waals surface area (Å²) in [5.74, 6) is -2.32. The highest BCUT2D eigenvalue weighted by Crippen LogP contribution is 2.27. The van der Waals surface area contributed by atoms with Crippen LogP contribution >= 0.6 is 8.03 Å². The number of hydrogen-bond donors (Lipinski definition) is 0. The molecule has 1 unspecified atom stereocenters. The van der Waals surface area contributed by atoms with Gasteiger partial charge in [-0.05, 0) is 19.1 Å². The zero-order chi connectivity index (χ0) is 12.1. The van der Waals surface area contributed by atoms with E-state index in [4.69, 9.17) is 0 Å². The maximum Gasteiger partial charge on any atom is 0.393 e. The smallest absolute Gasteiger partial charge is 0.393 e. The third kappa shape index (κ3) is 3.40. The van der Waals surface area contributed by atoms with Crippen LogP contribution in [0, 0.1) is 11.6 Å². The first kappa shape index (κ1) is 12.8. The van der Waals surface area contributed by atoms with Crippen LogP contribution in [-0.4, -0.2) is 12.3 Å². The van der Waals surface area contributed by atoms with E-state index < -0.39 is 31.1 Å². The molecule has 0 N–H and O–H groups in total. The number of carbonyl (C=O) groups excluding carboxylic acids is 1. The lowest BCUT2D eigenvalue weighted by atomic mass is 10.3. The van der Waals surface area contributed by atoms with Crippen LogP contribution in [0.3, 0.4) is 0 Å². The predicted octanol–water partition coefficient (Wildman–Crippen LogP) is 2.97. The first-order chi connectivity index (χ1) is 7.54. The van der Waals surface area contributed by atoms with Gasteiger partial charge < -0.3 is 9.26 Å². The summed E-state index contributed by atoms with van der Waals surface area (Å²) in [4.78, 5) is 11.1. The molecule has 0 saturated carbocycles. The number of carbonyl (C=O) groups is 1. The fraction of sp³-hybridized carbons (Fsp3) is 0.222. The van der Waals surface area contributed by atoms with E-state index in [-0.39, 0.29) is 6.61 Å². The monoisotopic (exact) mass is 250 g/mol. The van der Waals surface area contributed by atoms with Crippen molar-refractivity contribution >= 4 is 13.7 Å². The van der Waals surface area contributed by atoms with E-state index in [0.29, 0.717) is 6.07 Å². The van der Waals surface area contributed by atoms with Gasteiger partial charge in [0.05, 0.1) is 6.61 Å². The van der Waals surface area contributed by atoms with Crippen molar-refractivity contribution in [2.45, 2.75) is 6.92 Å². The lowest BCUT2D eigenvalue weighted by molar-refractivity contribution is 0.216. The molecule has 16 heavy (non-hydrogen) atoms. The standard InChI is InChI=1S/C9H9F2O4P/c1-2-14-16(13)9(12)15-8-4-3-6(10)5-7(8)11/h3-5,16H,2H2,1H3. The highest BCUT2D eigenvalue weighted by Gasteiger charge is 2.16. The Balaban J connectivity index is 2.73. The molecule has 7 heteroatoms. The molecule has 0 aromatic heterocycles. The SMILES string of the molecule is CCO[PH](=O)C(=O)Oc1ccc(F)cc1F. The van der Waals surface area contributed by atoms with Gasteiger partial charge in [-0.25, -0.2) is 13.6 Å². The summed E-state index contributed by atoms with van der Waals surface area (Å²) in [6.07, 6.45) is 0. The Morgan fingerprint density at radius 3 is 2.69 bits per heavy atom. The third-order valence-corrected chi connectivity index (χ3v) is 2.52. The Morgan fingerprint density at radius 1 is 1.44 bits per heavy atom. The van der Waals surface area contributed by atoms with Crippen LogP contribution in [0.4, 0.5) is 13.6 Å². The molecule has 88 valence electrons. The van der Waals surface area contributed by atoms with Gasteiger partial charge in [0.1, 0.15) is 5.82 Å².